The van der Waals surface area contributed by atoms with E-state index in [0.717, 1.165) is 24.8 Å². The van der Waals surface area contributed by atoms with Crippen LogP contribution >= 0.6 is 0 Å². The van der Waals surface area contributed by atoms with Gasteiger partial charge in [-0.05, 0) is 12.8 Å². The second-order valence-electron chi connectivity index (χ2n) is 7.90. The van der Waals surface area contributed by atoms with Crippen molar-refractivity contribution in [3.8, 4) is 0 Å². The Morgan fingerprint density at radius 1 is 0.871 bits per heavy atom. The van der Waals surface area contributed by atoms with Gasteiger partial charge in [0.05, 0.1) is 26.4 Å². The van der Waals surface area contributed by atoms with Crippen molar-refractivity contribution in [2.24, 2.45) is 5.92 Å². The van der Waals surface area contributed by atoms with E-state index in [-0.39, 0.29) is 12.3 Å². The van der Waals surface area contributed by atoms with Crippen LogP contribution in [-0.4, -0.2) is 51.7 Å². The Labute approximate surface area is 188 Å². The monoisotopic (exact) mass is 438 g/mol. The number of carboxylic acids is 1. The molecular weight excluding hydrogens is 396 g/mol. The van der Waals surface area contributed by atoms with Crippen LogP contribution in [-0.2, 0) is 29.5 Å². The van der Waals surface area contributed by atoms with E-state index in [1.807, 2.05) is 30.3 Å². The van der Waals surface area contributed by atoms with Crippen molar-refractivity contribution < 1.29 is 28.8 Å². The molecular formula is C25H42O6. The maximum Gasteiger partial charge on any atom is 0.303 e. The molecule has 1 N–H and O–H groups in total. The fourth-order valence-electron chi connectivity index (χ4n) is 3.90. The fraction of sp³-hybridized carbons (Fsp3) is 0.720. The molecule has 0 aliphatic rings. The second-order valence-corrected chi connectivity index (χ2v) is 7.90. The second kappa shape index (κ2) is 17.1. The molecule has 1 aromatic carbocycles. The van der Waals surface area contributed by atoms with E-state index >= 15 is 0 Å². The number of hydrogen-bond acceptors (Lipinski definition) is 5. The SMILES string of the molecule is CCCCCCCCC(CCC(=O)O)C(OCCOC)(OCCOC)c1ccccc1. The van der Waals surface area contributed by atoms with Crippen LogP contribution in [0.2, 0.25) is 0 Å². The van der Waals surface area contributed by atoms with Gasteiger partial charge < -0.3 is 24.1 Å². The van der Waals surface area contributed by atoms with Gasteiger partial charge >= 0.3 is 5.97 Å². The lowest BCUT2D eigenvalue weighted by Gasteiger charge is -2.41. The molecule has 0 fully saturated rings. The topological polar surface area (TPSA) is 74.2 Å². The molecule has 0 spiro atoms. The molecule has 1 unspecified atom stereocenters. The van der Waals surface area contributed by atoms with Crippen molar-refractivity contribution in [1.29, 1.82) is 0 Å². The third-order valence-electron chi connectivity index (χ3n) is 5.53. The number of hydrogen-bond donors (Lipinski definition) is 1. The third-order valence-corrected chi connectivity index (χ3v) is 5.53. The first-order valence-electron chi connectivity index (χ1n) is 11.6. The lowest BCUT2D eigenvalue weighted by molar-refractivity contribution is -0.286. The highest BCUT2D eigenvalue weighted by Crippen LogP contribution is 2.41. The average Bonchev–Trinajstić information content (AvgIpc) is 2.78. The number of benzene rings is 1. The summed E-state index contributed by atoms with van der Waals surface area (Å²) >= 11 is 0. The average molecular weight is 439 g/mol. The van der Waals surface area contributed by atoms with Gasteiger partial charge in [0.25, 0.3) is 0 Å². The molecule has 1 aromatic rings. The molecule has 0 heterocycles. The summed E-state index contributed by atoms with van der Waals surface area (Å²) in [6.07, 6.45) is 8.48. The quantitative estimate of drug-likeness (QED) is 0.217. The molecule has 1 atom stereocenters. The van der Waals surface area contributed by atoms with Gasteiger partial charge in [0.2, 0.25) is 0 Å². The highest BCUT2D eigenvalue weighted by Gasteiger charge is 2.42. The molecule has 178 valence electrons. The number of ether oxygens (including phenoxy) is 4. The first-order valence-corrected chi connectivity index (χ1v) is 11.6. The first-order chi connectivity index (χ1) is 15.1. The van der Waals surface area contributed by atoms with Crippen LogP contribution in [0.3, 0.4) is 0 Å². The number of rotatable bonds is 20. The van der Waals surface area contributed by atoms with Gasteiger partial charge in [-0.3, -0.25) is 4.79 Å². The van der Waals surface area contributed by atoms with Crippen molar-refractivity contribution in [1.82, 2.24) is 0 Å². The fourth-order valence-corrected chi connectivity index (χ4v) is 3.90. The van der Waals surface area contributed by atoms with Crippen molar-refractivity contribution in [3.05, 3.63) is 35.9 Å². The van der Waals surface area contributed by atoms with Gasteiger partial charge in [0.15, 0.2) is 5.79 Å². The van der Waals surface area contributed by atoms with Crippen LogP contribution in [0, 0.1) is 5.92 Å². The third kappa shape index (κ3) is 10.6. The minimum atomic E-state index is -1.03. The normalized spacial score (nSPS) is 12.7. The number of carbonyl (C=O) groups is 1. The van der Waals surface area contributed by atoms with E-state index < -0.39 is 11.8 Å². The number of unbranched alkanes of at least 4 members (excludes halogenated alkanes) is 5. The molecule has 0 amide bonds. The van der Waals surface area contributed by atoms with Crippen LogP contribution in [0.15, 0.2) is 30.3 Å². The van der Waals surface area contributed by atoms with Crippen molar-refractivity contribution >= 4 is 5.97 Å². The summed E-state index contributed by atoms with van der Waals surface area (Å²) in [5, 5.41) is 9.37. The lowest BCUT2D eigenvalue weighted by Crippen LogP contribution is -2.43. The van der Waals surface area contributed by atoms with E-state index in [2.05, 4.69) is 6.92 Å². The van der Waals surface area contributed by atoms with Gasteiger partial charge in [-0.2, -0.15) is 0 Å². The number of methoxy groups -OCH3 is 2. The van der Waals surface area contributed by atoms with E-state index in [1.54, 1.807) is 14.2 Å². The maximum atomic E-state index is 11.4. The molecule has 0 saturated heterocycles. The van der Waals surface area contributed by atoms with E-state index in [4.69, 9.17) is 18.9 Å². The molecule has 0 aliphatic carbocycles. The Morgan fingerprint density at radius 3 is 2.00 bits per heavy atom. The van der Waals surface area contributed by atoms with Crippen molar-refractivity contribution in [3.63, 3.8) is 0 Å². The van der Waals surface area contributed by atoms with Crippen LogP contribution in [0.4, 0.5) is 0 Å². The van der Waals surface area contributed by atoms with Crippen molar-refractivity contribution in [2.45, 2.75) is 70.5 Å². The molecule has 31 heavy (non-hydrogen) atoms. The van der Waals surface area contributed by atoms with Crippen LogP contribution in [0.25, 0.3) is 0 Å². The first kappa shape index (κ1) is 27.6. The van der Waals surface area contributed by atoms with Crippen LogP contribution in [0.5, 0.6) is 0 Å². The summed E-state index contributed by atoms with van der Waals surface area (Å²) in [5.41, 5.74) is 0.906. The van der Waals surface area contributed by atoms with Crippen LogP contribution < -0.4 is 0 Å². The maximum absolute atomic E-state index is 11.4. The minimum Gasteiger partial charge on any atom is -0.481 e. The summed E-state index contributed by atoms with van der Waals surface area (Å²) in [7, 11) is 3.27. The lowest BCUT2D eigenvalue weighted by atomic mass is 9.83. The van der Waals surface area contributed by atoms with Gasteiger partial charge in [-0.25, -0.2) is 0 Å². The molecule has 6 nitrogen and oxygen atoms in total. The van der Waals surface area contributed by atoms with Gasteiger partial charge in [-0.15, -0.1) is 0 Å². The zero-order valence-corrected chi connectivity index (χ0v) is 19.6. The van der Waals surface area contributed by atoms with Gasteiger partial charge in [0, 0.05) is 32.1 Å². The minimum absolute atomic E-state index is 0.0797. The van der Waals surface area contributed by atoms with E-state index in [9.17, 15) is 9.90 Å². The standard InChI is InChI=1S/C25H42O6/c1-4-5-6-7-8-10-15-23(16-17-24(26)27)25(30-20-18-28-2,31-21-19-29-3)22-13-11-9-12-14-22/h9,11-14,23H,4-8,10,15-21H2,1-3H3,(H,26,27). The summed E-state index contributed by atoms with van der Waals surface area (Å²) in [4.78, 5) is 11.4. The molecule has 6 heteroatoms. The Kier molecular flexibility index (Phi) is 15.2. The van der Waals surface area contributed by atoms with Crippen molar-refractivity contribution in [2.75, 3.05) is 40.6 Å². The number of aliphatic carboxylic acids is 1. The summed E-state index contributed by atoms with van der Waals surface area (Å²) in [6, 6.07) is 9.87. The Morgan fingerprint density at radius 2 is 1.45 bits per heavy atom. The number of carboxylic acid groups (broad SMARTS) is 1. The predicted molar refractivity (Wildman–Crippen MR) is 122 cm³/mol. The zero-order chi connectivity index (χ0) is 22.8. The molecule has 1 rings (SSSR count). The van der Waals surface area contributed by atoms with Crippen LogP contribution in [0.1, 0.15) is 70.3 Å². The highest BCUT2D eigenvalue weighted by molar-refractivity contribution is 5.66. The highest BCUT2D eigenvalue weighted by atomic mass is 16.7. The smallest absolute Gasteiger partial charge is 0.303 e. The van der Waals surface area contributed by atoms with E-state index in [1.165, 1.54) is 25.7 Å². The van der Waals surface area contributed by atoms with E-state index in [0.29, 0.717) is 32.8 Å². The predicted octanol–water partition coefficient (Wildman–Crippen LogP) is 5.40. The Balaban J connectivity index is 3.12. The summed E-state index contributed by atoms with van der Waals surface area (Å²) in [5.74, 6) is -1.92. The Hall–Kier alpha value is -1.47. The molecule has 0 saturated carbocycles. The molecule has 0 aliphatic heterocycles. The largest absolute Gasteiger partial charge is 0.481 e. The summed E-state index contributed by atoms with van der Waals surface area (Å²) < 4.78 is 23.2. The van der Waals surface area contributed by atoms with Gasteiger partial charge in [-0.1, -0.05) is 75.8 Å². The Bertz CT molecular complexity index is 552. The van der Waals surface area contributed by atoms with Gasteiger partial charge in [0.1, 0.15) is 0 Å². The molecule has 0 bridgehead atoms. The summed E-state index contributed by atoms with van der Waals surface area (Å²) in [6.45, 7) is 3.80. The molecule has 0 aromatic heterocycles. The zero-order valence-electron chi connectivity index (χ0n) is 19.6. The molecule has 0 radical (unpaired) electrons.